The number of fused-ring (bicyclic) bond motifs is 2. The second kappa shape index (κ2) is 3.49. The molecular formula is C12H21NO. The monoisotopic (exact) mass is 195 g/mol. The van der Waals surface area contributed by atoms with Crippen LogP contribution >= 0.6 is 0 Å². The summed E-state index contributed by atoms with van der Waals surface area (Å²) in [6, 6.07) is 0.415. The maximum atomic E-state index is 6.20. The van der Waals surface area contributed by atoms with Crippen LogP contribution in [0.4, 0.5) is 0 Å². The Morgan fingerprint density at radius 2 is 1.86 bits per heavy atom. The summed E-state index contributed by atoms with van der Waals surface area (Å²) in [5, 5.41) is 0. The van der Waals surface area contributed by atoms with Crippen molar-refractivity contribution in [2.24, 2.45) is 17.6 Å². The third-order valence-corrected chi connectivity index (χ3v) is 4.47. The van der Waals surface area contributed by atoms with Gasteiger partial charge in [0.2, 0.25) is 0 Å². The first-order valence-corrected chi connectivity index (χ1v) is 6.22. The van der Waals surface area contributed by atoms with Gasteiger partial charge in [0, 0.05) is 6.04 Å². The molecule has 3 fully saturated rings. The van der Waals surface area contributed by atoms with Crippen LogP contribution in [-0.2, 0) is 4.74 Å². The molecule has 0 amide bonds. The maximum absolute atomic E-state index is 6.20. The van der Waals surface area contributed by atoms with E-state index in [4.69, 9.17) is 10.5 Å². The molecule has 0 aromatic rings. The first-order valence-electron chi connectivity index (χ1n) is 6.22. The number of ether oxygens (including phenoxy) is 1. The molecule has 14 heavy (non-hydrogen) atoms. The van der Waals surface area contributed by atoms with E-state index in [1.54, 1.807) is 0 Å². The van der Waals surface area contributed by atoms with Crippen molar-refractivity contribution in [2.45, 2.75) is 63.2 Å². The average molecular weight is 195 g/mol. The molecule has 3 saturated carbocycles. The zero-order chi connectivity index (χ0) is 9.54. The molecule has 5 unspecified atom stereocenters. The van der Waals surface area contributed by atoms with Gasteiger partial charge in [-0.25, -0.2) is 0 Å². The molecule has 5 atom stereocenters. The number of nitrogens with two attached hydrogens (primary N) is 1. The minimum Gasteiger partial charge on any atom is -0.375 e. The van der Waals surface area contributed by atoms with Crippen LogP contribution in [0, 0.1) is 11.8 Å². The van der Waals surface area contributed by atoms with Crippen molar-refractivity contribution >= 4 is 0 Å². The Labute approximate surface area is 86.2 Å². The van der Waals surface area contributed by atoms with Gasteiger partial charge in [-0.05, 0) is 56.8 Å². The smallest absolute Gasteiger partial charge is 0.0609 e. The predicted octanol–water partition coefficient (Wildman–Crippen LogP) is 2.07. The molecule has 0 aliphatic heterocycles. The lowest BCUT2D eigenvalue weighted by Gasteiger charge is -2.25. The Hall–Kier alpha value is -0.0800. The van der Waals surface area contributed by atoms with Crippen molar-refractivity contribution in [2.75, 3.05) is 0 Å². The van der Waals surface area contributed by atoms with Crippen LogP contribution in [0.2, 0.25) is 0 Å². The number of rotatable bonds is 2. The van der Waals surface area contributed by atoms with Gasteiger partial charge in [-0.3, -0.25) is 0 Å². The van der Waals surface area contributed by atoms with E-state index in [1.807, 2.05) is 0 Å². The first-order chi connectivity index (χ1) is 6.81. The average Bonchev–Trinajstić information content (AvgIpc) is 2.82. The summed E-state index contributed by atoms with van der Waals surface area (Å²) in [6.45, 7) is 0. The predicted molar refractivity (Wildman–Crippen MR) is 55.9 cm³/mol. The molecule has 0 heterocycles. The molecule has 0 aromatic heterocycles. The lowest BCUT2D eigenvalue weighted by molar-refractivity contribution is -0.0361. The Morgan fingerprint density at radius 1 is 0.929 bits per heavy atom. The van der Waals surface area contributed by atoms with Crippen LogP contribution in [0.5, 0.6) is 0 Å². The third kappa shape index (κ3) is 1.59. The normalized spacial score (nSPS) is 51.6. The van der Waals surface area contributed by atoms with Crippen molar-refractivity contribution in [3.05, 3.63) is 0 Å². The molecule has 80 valence electrons. The van der Waals surface area contributed by atoms with Crippen LogP contribution < -0.4 is 5.73 Å². The zero-order valence-corrected chi connectivity index (χ0v) is 8.82. The molecule has 2 N–H and O–H groups in total. The highest BCUT2D eigenvalue weighted by atomic mass is 16.5. The molecule has 3 rings (SSSR count). The van der Waals surface area contributed by atoms with E-state index in [2.05, 4.69) is 0 Å². The van der Waals surface area contributed by atoms with Gasteiger partial charge in [-0.1, -0.05) is 0 Å². The molecule has 0 saturated heterocycles. The molecule has 0 aromatic carbocycles. The lowest BCUT2D eigenvalue weighted by atomic mass is 9.97. The Balaban J connectivity index is 1.53. The van der Waals surface area contributed by atoms with E-state index >= 15 is 0 Å². The summed E-state index contributed by atoms with van der Waals surface area (Å²) in [7, 11) is 0. The van der Waals surface area contributed by atoms with Crippen molar-refractivity contribution in [3.63, 3.8) is 0 Å². The standard InChI is InChI=1S/C12H21NO/c13-10-3-4-11(7-10)14-12-6-8-1-2-9(12)5-8/h8-12H,1-7,13H2. The largest absolute Gasteiger partial charge is 0.375 e. The van der Waals surface area contributed by atoms with E-state index < -0.39 is 0 Å². The minimum absolute atomic E-state index is 0.415. The highest BCUT2D eigenvalue weighted by molar-refractivity contribution is 4.92. The topological polar surface area (TPSA) is 35.2 Å². The quantitative estimate of drug-likeness (QED) is 0.732. The summed E-state index contributed by atoms with van der Waals surface area (Å²) in [6.07, 6.45) is 10.3. The SMILES string of the molecule is NC1CCC(OC2CC3CCC2C3)C1. The van der Waals surface area contributed by atoms with Crippen molar-refractivity contribution < 1.29 is 4.74 Å². The molecule has 2 heteroatoms. The number of hydrogen-bond donors (Lipinski definition) is 1. The zero-order valence-electron chi connectivity index (χ0n) is 8.82. The van der Waals surface area contributed by atoms with Crippen molar-refractivity contribution in [1.29, 1.82) is 0 Å². The van der Waals surface area contributed by atoms with Gasteiger partial charge in [0.1, 0.15) is 0 Å². The van der Waals surface area contributed by atoms with Crippen LogP contribution in [0.3, 0.4) is 0 Å². The fraction of sp³-hybridized carbons (Fsp3) is 1.00. The fourth-order valence-electron chi connectivity index (χ4n) is 3.70. The van der Waals surface area contributed by atoms with Crippen LogP contribution in [-0.4, -0.2) is 18.2 Å². The first kappa shape index (κ1) is 9.17. The molecule has 3 aliphatic carbocycles. The Morgan fingerprint density at radius 3 is 2.43 bits per heavy atom. The van der Waals surface area contributed by atoms with Crippen molar-refractivity contribution in [1.82, 2.24) is 0 Å². The molecule has 0 radical (unpaired) electrons. The van der Waals surface area contributed by atoms with Gasteiger partial charge in [-0.2, -0.15) is 0 Å². The fourth-order valence-corrected chi connectivity index (χ4v) is 3.70. The summed E-state index contributed by atoms with van der Waals surface area (Å²) in [4.78, 5) is 0. The molecule has 0 spiro atoms. The summed E-state index contributed by atoms with van der Waals surface area (Å²) in [5.41, 5.74) is 5.90. The van der Waals surface area contributed by atoms with Gasteiger partial charge in [0.05, 0.1) is 12.2 Å². The van der Waals surface area contributed by atoms with Gasteiger partial charge >= 0.3 is 0 Å². The van der Waals surface area contributed by atoms with Gasteiger partial charge in [0.25, 0.3) is 0 Å². The lowest BCUT2D eigenvalue weighted by Crippen LogP contribution is -2.26. The van der Waals surface area contributed by atoms with E-state index in [0.29, 0.717) is 18.2 Å². The van der Waals surface area contributed by atoms with Crippen LogP contribution in [0.15, 0.2) is 0 Å². The minimum atomic E-state index is 0.415. The van der Waals surface area contributed by atoms with E-state index in [0.717, 1.165) is 18.3 Å². The Kier molecular flexibility index (Phi) is 2.29. The van der Waals surface area contributed by atoms with Crippen LogP contribution in [0.25, 0.3) is 0 Å². The van der Waals surface area contributed by atoms with E-state index in [1.165, 1.54) is 38.5 Å². The van der Waals surface area contributed by atoms with E-state index in [9.17, 15) is 0 Å². The summed E-state index contributed by atoms with van der Waals surface area (Å²) in [5.74, 6) is 1.90. The van der Waals surface area contributed by atoms with Crippen LogP contribution in [0.1, 0.15) is 44.9 Å². The highest BCUT2D eigenvalue weighted by Gasteiger charge is 2.41. The summed E-state index contributed by atoms with van der Waals surface area (Å²) >= 11 is 0. The second-order valence-electron chi connectivity index (χ2n) is 5.54. The number of hydrogen-bond acceptors (Lipinski definition) is 2. The van der Waals surface area contributed by atoms with Gasteiger partial charge in [0.15, 0.2) is 0 Å². The maximum Gasteiger partial charge on any atom is 0.0609 e. The molecule has 2 nitrogen and oxygen atoms in total. The highest BCUT2D eigenvalue weighted by Crippen LogP contribution is 2.46. The molecular weight excluding hydrogens is 174 g/mol. The summed E-state index contributed by atoms with van der Waals surface area (Å²) < 4.78 is 6.20. The van der Waals surface area contributed by atoms with Gasteiger partial charge < -0.3 is 10.5 Å². The third-order valence-electron chi connectivity index (χ3n) is 4.47. The molecule has 3 aliphatic rings. The Bertz CT molecular complexity index is 218. The van der Waals surface area contributed by atoms with Gasteiger partial charge in [-0.15, -0.1) is 0 Å². The van der Waals surface area contributed by atoms with E-state index in [-0.39, 0.29) is 0 Å². The molecule has 2 bridgehead atoms. The second-order valence-corrected chi connectivity index (χ2v) is 5.54. The van der Waals surface area contributed by atoms with Crippen molar-refractivity contribution in [3.8, 4) is 0 Å².